The van der Waals surface area contributed by atoms with Gasteiger partial charge in [0, 0.05) is 18.1 Å². The van der Waals surface area contributed by atoms with Crippen molar-refractivity contribution < 1.29 is 0 Å². The van der Waals surface area contributed by atoms with E-state index in [1.807, 2.05) is 6.20 Å². The summed E-state index contributed by atoms with van der Waals surface area (Å²) in [6, 6.07) is 4.43. The Balaban J connectivity index is 2.49. The van der Waals surface area contributed by atoms with E-state index < -0.39 is 0 Å². The SMILES string of the molecule is CCC(C)c1ccn2c(C(C)C)cnc2c1. The van der Waals surface area contributed by atoms with Gasteiger partial charge in [0.25, 0.3) is 0 Å². The number of pyridine rings is 1. The highest BCUT2D eigenvalue weighted by atomic mass is 15.0. The van der Waals surface area contributed by atoms with Crippen molar-refractivity contribution in [3.63, 3.8) is 0 Å². The summed E-state index contributed by atoms with van der Waals surface area (Å²) in [5.41, 5.74) is 3.74. The molecule has 0 aromatic carbocycles. The molecule has 86 valence electrons. The van der Waals surface area contributed by atoms with Crippen LogP contribution in [0.4, 0.5) is 0 Å². The maximum Gasteiger partial charge on any atom is 0.137 e. The van der Waals surface area contributed by atoms with Gasteiger partial charge in [0.15, 0.2) is 0 Å². The largest absolute Gasteiger partial charge is 0.304 e. The average Bonchev–Trinajstić information content (AvgIpc) is 2.70. The van der Waals surface area contributed by atoms with Crippen LogP contribution in [-0.4, -0.2) is 9.38 Å². The quantitative estimate of drug-likeness (QED) is 0.758. The minimum Gasteiger partial charge on any atom is -0.304 e. The number of hydrogen-bond acceptors (Lipinski definition) is 1. The van der Waals surface area contributed by atoms with Gasteiger partial charge in [-0.3, -0.25) is 0 Å². The molecule has 0 fully saturated rings. The Morgan fingerprint density at radius 1 is 1.31 bits per heavy atom. The van der Waals surface area contributed by atoms with E-state index in [2.05, 4.69) is 55.4 Å². The fourth-order valence-electron chi connectivity index (χ4n) is 1.99. The van der Waals surface area contributed by atoms with Gasteiger partial charge in [-0.05, 0) is 36.0 Å². The summed E-state index contributed by atoms with van der Waals surface area (Å²) in [4.78, 5) is 4.48. The maximum absolute atomic E-state index is 4.48. The molecule has 0 aliphatic heterocycles. The first-order valence-electron chi connectivity index (χ1n) is 6.10. The highest BCUT2D eigenvalue weighted by Crippen LogP contribution is 2.22. The van der Waals surface area contributed by atoms with E-state index in [0.29, 0.717) is 11.8 Å². The molecule has 1 atom stereocenters. The van der Waals surface area contributed by atoms with Crippen LogP contribution in [0.25, 0.3) is 5.65 Å². The van der Waals surface area contributed by atoms with E-state index in [9.17, 15) is 0 Å². The first-order chi connectivity index (χ1) is 7.63. The van der Waals surface area contributed by atoms with Gasteiger partial charge in [0.2, 0.25) is 0 Å². The summed E-state index contributed by atoms with van der Waals surface area (Å²) < 4.78 is 2.19. The zero-order chi connectivity index (χ0) is 11.7. The van der Waals surface area contributed by atoms with Crippen molar-refractivity contribution in [1.82, 2.24) is 9.38 Å². The highest BCUT2D eigenvalue weighted by molar-refractivity contribution is 5.44. The third kappa shape index (κ3) is 1.84. The Morgan fingerprint density at radius 2 is 2.06 bits per heavy atom. The Hall–Kier alpha value is -1.31. The molecule has 0 spiro atoms. The molecule has 0 saturated heterocycles. The summed E-state index contributed by atoms with van der Waals surface area (Å²) in [7, 11) is 0. The fraction of sp³-hybridized carbons (Fsp3) is 0.500. The molecule has 0 saturated carbocycles. The molecule has 2 heterocycles. The van der Waals surface area contributed by atoms with Crippen molar-refractivity contribution in [3.05, 3.63) is 35.8 Å². The van der Waals surface area contributed by atoms with E-state index in [4.69, 9.17) is 0 Å². The van der Waals surface area contributed by atoms with E-state index in [0.717, 1.165) is 5.65 Å². The molecule has 0 amide bonds. The minimum atomic E-state index is 0.518. The Kier molecular flexibility index (Phi) is 2.99. The maximum atomic E-state index is 4.48. The van der Waals surface area contributed by atoms with Crippen LogP contribution in [0.2, 0.25) is 0 Å². The molecule has 2 heteroatoms. The third-order valence-corrected chi connectivity index (χ3v) is 3.34. The van der Waals surface area contributed by atoms with Crippen molar-refractivity contribution in [2.75, 3.05) is 0 Å². The normalized spacial score (nSPS) is 13.6. The average molecular weight is 216 g/mol. The lowest BCUT2D eigenvalue weighted by molar-refractivity contribution is 0.730. The molecule has 16 heavy (non-hydrogen) atoms. The smallest absolute Gasteiger partial charge is 0.137 e. The van der Waals surface area contributed by atoms with Crippen molar-refractivity contribution >= 4 is 5.65 Å². The summed E-state index contributed by atoms with van der Waals surface area (Å²) in [5.74, 6) is 1.13. The van der Waals surface area contributed by atoms with E-state index in [1.54, 1.807) is 0 Å². The van der Waals surface area contributed by atoms with Crippen LogP contribution >= 0.6 is 0 Å². The monoisotopic (exact) mass is 216 g/mol. The van der Waals surface area contributed by atoms with Crippen LogP contribution in [0.5, 0.6) is 0 Å². The second kappa shape index (κ2) is 4.28. The van der Waals surface area contributed by atoms with Gasteiger partial charge in [-0.2, -0.15) is 0 Å². The second-order valence-corrected chi connectivity index (χ2v) is 4.84. The molecule has 2 aromatic heterocycles. The molecule has 1 unspecified atom stereocenters. The van der Waals surface area contributed by atoms with Crippen LogP contribution in [0.3, 0.4) is 0 Å². The lowest BCUT2D eigenvalue weighted by atomic mass is 10.00. The number of fused-ring (bicyclic) bond motifs is 1. The number of imidazole rings is 1. The summed E-state index contributed by atoms with van der Waals surface area (Å²) in [6.07, 6.45) is 5.31. The third-order valence-electron chi connectivity index (χ3n) is 3.34. The van der Waals surface area contributed by atoms with E-state index in [-0.39, 0.29) is 0 Å². The van der Waals surface area contributed by atoms with Crippen LogP contribution < -0.4 is 0 Å². The first kappa shape index (κ1) is 11.2. The molecule has 0 aliphatic carbocycles. The van der Waals surface area contributed by atoms with Gasteiger partial charge in [-0.15, -0.1) is 0 Å². The molecular formula is C14H20N2. The summed E-state index contributed by atoms with van der Waals surface area (Å²) in [5, 5.41) is 0. The van der Waals surface area contributed by atoms with E-state index >= 15 is 0 Å². The van der Waals surface area contributed by atoms with Gasteiger partial charge in [-0.1, -0.05) is 27.7 Å². The number of hydrogen-bond donors (Lipinski definition) is 0. The van der Waals surface area contributed by atoms with Crippen molar-refractivity contribution in [2.45, 2.75) is 46.0 Å². The number of aromatic nitrogens is 2. The van der Waals surface area contributed by atoms with Crippen molar-refractivity contribution in [1.29, 1.82) is 0 Å². The molecule has 0 aliphatic rings. The molecule has 2 nitrogen and oxygen atoms in total. The van der Waals surface area contributed by atoms with Gasteiger partial charge in [-0.25, -0.2) is 4.98 Å². The molecule has 0 N–H and O–H groups in total. The lowest BCUT2D eigenvalue weighted by Gasteiger charge is -2.10. The molecular weight excluding hydrogens is 196 g/mol. The zero-order valence-electron chi connectivity index (χ0n) is 10.6. The van der Waals surface area contributed by atoms with Crippen LogP contribution in [0, 0.1) is 0 Å². The van der Waals surface area contributed by atoms with E-state index in [1.165, 1.54) is 17.7 Å². The molecule has 0 bridgehead atoms. The number of rotatable bonds is 3. The minimum absolute atomic E-state index is 0.518. The molecule has 0 radical (unpaired) electrons. The predicted octanol–water partition coefficient (Wildman–Crippen LogP) is 3.97. The zero-order valence-corrected chi connectivity index (χ0v) is 10.6. The lowest BCUT2D eigenvalue weighted by Crippen LogP contribution is -1.97. The Labute approximate surface area is 97.3 Å². The highest BCUT2D eigenvalue weighted by Gasteiger charge is 2.09. The molecule has 2 rings (SSSR count). The second-order valence-electron chi connectivity index (χ2n) is 4.84. The van der Waals surface area contributed by atoms with Crippen LogP contribution in [-0.2, 0) is 0 Å². The van der Waals surface area contributed by atoms with Crippen molar-refractivity contribution in [3.8, 4) is 0 Å². The van der Waals surface area contributed by atoms with Crippen LogP contribution in [0.15, 0.2) is 24.5 Å². The fourth-order valence-corrected chi connectivity index (χ4v) is 1.99. The standard InChI is InChI=1S/C14H20N2/c1-5-11(4)12-6-7-16-13(10(2)3)9-15-14(16)8-12/h6-11H,5H2,1-4H3. The van der Waals surface area contributed by atoms with Gasteiger partial charge < -0.3 is 4.40 Å². The van der Waals surface area contributed by atoms with Crippen molar-refractivity contribution in [2.24, 2.45) is 0 Å². The summed E-state index contributed by atoms with van der Waals surface area (Å²) >= 11 is 0. The van der Waals surface area contributed by atoms with Gasteiger partial charge in [0.05, 0.1) is 0 Å². The van der Waals surface area contributed by atoms with Crippen LogP contribution in [0.1, 0.15) is 57.2 Å². The summed E-state index contributed by atoms with van der Waals surface area (Å²) in [6.45, 7) is 8.89. The Bertz CT molecular complexity index is 482. The molecule has 2 aromatic rings. The Morgan fingerprint density at radius 3 is 2.69 bits per heavy atom. The first-order valence-corrected chi connectivity index (χ1v) is 6.10. The van der Waals surface area contributed by atoms with Gasteiger partial charge >= 0.3 is 0 Å². The van der Waals surface area contributed by atoms with Gasteiger partial charge in [0.1, 0.15) is 5.65 Å². The predicted molar refractivity (Wildman–Crippen MR) is 68.0 cm³/mol. The topological polar surface area (TPSA) is 17.3 Å². The number of nitrogens with zero attached hydrogens (tertiary/aromatic N) is 2.